The van der Waals surface area contributed by atoms with E-state index in [0.29, 0.717) is 39.2 Å². The largest absolute Gasteiger partial charge is 0.436 e. The molecule has 0 aliphatic rings. The van der Waals surface area contributed by atoms with Crippen LogP contribution in [0.4, 0.5) is 11.4 Å². The number of aromatic nitrogens is 1. The molecule has 0 aliphatic carbocycles. The number of nitro groups is 1. The lowest BCUT2D eigenvalue weighted by Gasteiger charge is -2.07. The standard InChI is InChI=1S/C26H21Cl2N3O4/c1-3-15(2)17-7-10-24-22(13-17)30-26(35-24)18-6-9-19(27)21(14-18)29-25(32)11-5-16-4-8-20(28)23(12-16)31(33)34/h4-15H,3H2,1-2H3,(H,29,32)/b11-5+/t15-/m1/s1. The number of fused-ring (bicyclic) bond motifs is 1. The lowest BCUT2D eigenvalue weighted by molar-refractivity contribution is -0.384. The van der Waals surface area contributed by atoms with Crippen molar-refractivity contribution in [3.05, 3.63) is 92.0 Å². The van der Waals surface area contributed by atoms with E-state index < -0.39 is 10.8 Å². The van der Waals surface area contributed by atoms with E-state index in [1.807, 2.05) is 18.2 Å². The van der Waals surface area contributed by atoms with Crippen LogP contribution in [0.5, 0.6) is 0 Å². The zero-order chi connectivity index (χ0) is 25.1. The molecule has 1 amide bonds. The predicted molar refractivity (Wildman–Crippen MR) is 139 cm³/mol. The molecule has 35 heavy (non-hydrogen) atoms. The Morgan fingerprint density at radius 3 is 2.66 bits per heavy atom. The Labute approximate surface area is 211 Å². The highest BCUT2D eigenvalue weighted by Crippen LogP contribution is 2.32. The summed E-state index contributed by atoms with van der Waals surface area (Å²) in [7, 11) is 0. The highest BCUT2D eigenvalue weighted by Gasteiger charge is 2.14. The Hall–Kier alpha value is -3.68. The first-order valence-corrected chi connectivity index (χ1v) is 11.6. The third kappa shape index (κ3) is 5.53. The fourth-order valence-electron chi connectivity index (χ4n) is 3.48. The molecular formula is C26H21Cl2N3O4. The van der Waals surface area contributed by atoms with Crippen molar-refractivity contribution in [2.24, 2.45) is 0 Å². The second-order valence-electron chi connectivity index (χ2n) is 8.04. The van der Waals surface area contributed by atoms with Crippen LogP contribution in [0.2, 0.25) is 10.0 Å². The van der Waals surface area contributed by atoms with Crippen molar-refractivity contribution in [1.29, 1.82) is 0 Å². The summed E-state index contributed by atoms with van der Waals surface area (Å²) in [5.74, 6) is 0.374. The number of carbonyl (C=O) groups is 1. The molecule has 1 aromatic heterocycles. The first-order chi connectivity index (χ1) is 16.7. The maximum atomic E-state index is 12.5. The van der Waals surface area contributed by atoms with Crippen LogP contribution in [0.3, 0.4) is 0 Å². The zero-order valence-corrected chi connectivity index (χ0v) is 20.4. The van der Waals surface area contributed by atoms with E-state index in [9.17, 15) is 14.9 Å². The molecule has 4 rings (SSSR count). The number of anilines is 1. The molecule has 0 fully saturated rings. The molecule has 0 spiro atoms. The van der Waals surface area contributed by atoms with E-state index in [2.05, 4.69) is 24.1 Å². The molecule has 4 aromatic rings. The van der Waals surface area contributed by atoms with E-state index in [1.54, 1.807) is 24.3 Å². The molecule has 1 heterocycles. The number of rotatable bonds is 7. The van der Waals surface area contributed by atoms with Gasteiger partial charge in [-0.2, -0.15) is 0 Å². The van der Waals surface area contributed by atoms with Gasteiger partial charge >= 0.3 is 0 Å². The zero-order valence-electron chi connectivity index (χ0n) is 18.9. The van der Waals surface area contributed by atoms with Crippen molar-refractivity contribution in [3.63, 3.8) is 0 Å². The van der Waals surface area contributed by atoms with Gasteiger partial charge in [0.1, 0.15) is 10.5 Å². The number of carbonyl (C=O) groups excluding carboxylic acids is 1. The Balaban J connectivity index is 1.55. The fraction of sp³-hybridized carbons (Fsp3) is 0.154. The normalized spacial score (nSPS) is 12.2. The monoisotopic (exact) mass is 509 g/mol. The van der Waals surface area contributed by atoms with Crippen molar-refractivity contribution in [2.75, 3.05) is 5.32 Å². The molecule has 7 nitrogen and oxygen atoms in total. The van der Waals surface area contributed by atoms with E-state index in [-0.39, 0.29) is 10.7 Å². The number of benzene rings is 3. The highest BCUT2D eigenvalue weighted by atomic mass is 35.5. The molecule has 9 heteroatoms. The average molecular weight is 510 g/mol. The summed E-state index contributed by atoms with van der Waals surface area (Å²) in [4.78, 5) is 27.6. The topological polar surface area (TPSA) is 98.3 Å². The maximum absolute atomic E-state index is 12.5. The molecule has 0 bridgehead atoms. The summed E-state index contributed by atoms with van der Waals surface area (Å²) < 4.78 is 5.92. The van der Waals surface area contributed by atoms with E-state index >= 15 is 0 Å². The summed E-state index contributed by atoms with van der Waals surface area (Å²) in [6.45, 7) is 4.31. The molecule has 0 saturated heterocycles. The third-order valence-corrected chi connectivity index (χ3v) is 6.31. The number of nitrogens with zero attached hydrogens (tertiary/aromatic N) is 2. The summed E-state index contributed by atoms with van der Waals surface area (Å²) >= 11 is 12.1. The minimum absolute atomic E-state index is 0.0236. The number of amides is 1. The summed E-state index contributed by atoms with van der Waals surface area (Å²) in [6, 6.07) is 15.4. The number of hydrogen-bond donors (Lipinski definition) is 1. The van der Waals surface area contributed by atoms with E-state index in [4.69, 9.17) is 27.6 Å². The Morgan fingerprint density at radius 1 is 1.14 bits per heavy atom. The average Bonchev–Trinajstić information content (AvgIpc) is 3.27. The van der Waals surface area contributed by atoms with Crippen LogP contribution in [-0.2, 0) is 4.79 Å². The molecule has 178 valence electrons. The van der Waals surface area contributed by atoms with Crippen molar-refractivity contribution in [3.8, 4) is 11.5 Å². The minimum atomic E-state index is -0.581. The van der Waals surface area contributed by atoms with Crippen LogP contribution in [-0.4, -0.2) is 15.8 Å². The van der Waals surface area contributed by atoms with Crippen molar-refractivity contribution < 1.29 is 14.1 Å². The van der Waals surface area contributed by atoms with Gasteiger partial charge in [-0.05, 0) is 65.9 Å². The van der Waals surface area contributed by atoms with Crippen molar-refractivity contribution in [2.45, 2.75) is 26.2 Å². The molecule has 1 atom stereocenters. The fourth-order valence-corrected chi connectivity index (χ4v) is 3.84. The molecule has 1 N–H and O–H groups in total. The van der Waals surface area contributed by atoms with Crippen LogP contribution in [0.15, 0.2) is 65.1 Å². The SMILES string of the molecule is CC[C@@H](C)c1ccc2oc(-c3ccc(Cl)c(NC(=O)/C=C/c4ccc(Cl)c([N+](=O)[O-])c4)c3)nc2c1. The van der Waals surface area contributed by atoms with Crippen molar-refractivity contribution in [1.82, 2.24) is 4.98 Å². The Bertz CT molecular complexity index is 1460. The number of nitro benzene ring substituents is 1. The van der Waals surface area contributed by atoms with Gasteiger partial charge in [0, 0.05) is 17.7 Å². The molecule has 0 unspecified atom stereocenters. The van der Waals surface area contributed by atoms with Crippen LogP contribution in [0.25, 0.3) is 28.6 Å². The van der Waals surface area contributed by atoms with Gasteiger partial charge in [-0.25, -0.2) is 4.98 Å². The smallest absolute Gasteiger partial charge is 0.288 e. The summed E-state index contributed by atoms with van der Waals surface area (Å²) in [5.41, 5.74) is 3.89. The molecule has 0 aliphatic heterocycles. The van der Waals surface area contributed by atoms with Gasteiger partial charge in [0.15, 0.2) is 5.58 Å². The van der Waals surface area contributed by atoms with E-state index in [0.717, 1.165) is 11.9 Å². The second-order valence-corrected chi connectivity index (χ2v) is 8.86. The van der Waals surface area contributed by atoms with Crippen LogP contribution in [0, 0.1) is 10.1 Å². The lowest BCUT2D eigenvalue weighted by atomic mass is 9.98. The number of halogens is 2. The van der Waals surface area contributed by atoms with Gasteiger partial charge in [0.25, 0.3) is 5.69 Å². The van der Waals surface area contributed by atoms with Gasteiger partial charge in [-0.15, -0.1) is 0 Å². The highest BCUT2D eigenvalue weighted by molar-refractivity contribution is 6.34. The first kappa shape index (κ1) is 24.4. The van der Waals surface area contributed by atoms with Crippen LogP contribution >= 0.6 is 23.2 Å². The summed E-state index contributed by atoms with van der Waals surface area (Å²) in [5, 5.41) is 14.1. The third-order valence-electron chi connectivity index (χ3n) is 5.66. The number of nitrogens with one attached hydrogen (secondary N) is 1. The van der Waals surface area contributed by atoms with E-state index in [1.165, 1.54) is 29.8 Å². The van der Waals surface area contributed by atoms with Gasteiger partial charge < -0.3 is 9.73 Å². The number of hydrogen-bond acceptors (Lipinski definition) is 5. The molecule has 0 radical (unpaired) electrons. The van der Waals surface area contributed by atoms with Gasteiger partial charge in [0.05, 0.1) is 15.6 Å². The Kier molecular flexibility index (Phi) is 7.19. The van der Waals surface area contributed by atoms with Crippen LogP contribution < -0.4 is 5.32 Å². The van der Waals surface area contributed by atoms with Crippen molar-refractivity contribution >= 4 is 57.7 Å². The predicted octanol–water partition coefficient (Wildman–Crippen LogP) is 7.88. The number of oxazole rings is 1. The first-order valence-electron chi connectivity index (χ1n) is 10.9. The molecule has 3 aromatic carbocycles. The molecule has 0 saturated carbocycles. The second kappa shape index (κ2) is 10.3. The Morgan fingerprint density at radius 2 is 1.91 bits per heavy atom. The minimum Gasteiger partial charge on any atom is -0.436 e. The van der Waals surface area contributed by atoms with Gasteiger partial charge in [-0.1, -0.05) is 49.2 Å². The lowest BCUT2D eigenvalue weighted by Crippen LogP contribution is -2.08. The summed E-state index contributed by atoms with van der Waals surface area (Å²) in [6.07, 6.45) is 3.73. The van der Waals surface area contributed by atoms with Gasteiger partial charge in [0.2, 0.25) is 11.8 Å². The quantitative estimate of drug-likeness (QED) is 0.155. The van der Waals surface area contributed by atoms with Gasteiger partial charge in [-0.3, -0.25) is 14.9 Å². The van der Waals surface area contributed by atoms with Crippen LogP contribution in [0.1, 0.15) is 37.3 Å². The maximum Gasteiger partial charge on any atom is 0.288 e. The molecular weight excluding hydrogens is 489 g/mol.